The van der Waals surface area contributed by atoms with Crippen molar-refractivity contribution in [3.05, 3.63) is 12.2 Å². The van der Waals surface area contributed by atoms with E-state index in [2.05, 4.69) is 40.7 Å². The predicted octanol–water partition coefficient (Wildman–Crippen LogP) is 4.29. The summed E-state index contributed by atoms with van der Waals surface area (Å²) in [7, 11) is 0. The molecule has 0 aromatic rings. The molecule has 0 radical (unpaired) electrons. The van der Waals surface area contributed by atoms with Crippen LogP contribution in [0.3, 0.4) is 0 Å². The monoisotopic (exact) mass is 183 g/mol. The van der Waals surface area contributed by atoms with Gasteiger partial charge in [0.25, 0.3) is 0 Å². The van der Waals surface area contributed by atoms with Gasteiger partial charge in [0, 0.05) is 6.21 Å². The topological polar surface area (TPSA) is 23.9 Å². The van der Waals surface area contributed by atoms with Crippen LogP contribution >= 0.6 is 0 Å². The van der Waals surface area contributed by atoms with Crippen LogP contribution in [-0.2, 0) is 0 Å². The summed E-state index contributed by atoms with van der Waals surface area (Å²) in [6.45, 7) is 10.9. The molecular formula is C12H25N. The number of hydrogen-bond acceptors (Lipinski definition) is 1. The molecule has 78 valence electrons. The smallest absolute Gasteiger partial charge is 0.0174 e. The van der Waals surface area contributed by atoms with Gasteiger partial charge in [-0.15, -0.1) is 0 Å². The van der Waals surface area contributed by atoms with E-state index in [-0.39, 0.29) is 0 Å². The average molecular weight is 183 g/mol. The van der Waals surface area contributed by atoms with Gasteiger partial charge in [0.05, 0.1) is 0 Å². The number of allylic oxidation sites excluding steroid dienone is 2. The van der Waals surface area contributed by atoms with E-state index >= 15 is 0 Å². The summed E-state index contributed by atoms with van der Waals surface area (Å²) in [6.07, 6.45) is 7.79. The average Bonchev–Trinajstić information content (AvgIpc) is 2.14. The predicted molar refractivity (Wildman–Crippen MR) is 62.5 cm³/mol. The lowest BCUT2D eigenvalue weighted by Crippen LogP contribution is -1.98. The van der Waals surface area contributed by atoms with Gasteiger partial charge in [0.1, 0.15) is 0 Å². The summed E-state index contributed by atoms with van der Waals surface area (Å²) >= 11 is 0. The minimum Gasteiger partial charge on any atom is -0.309 e. The first kappa shape index (κ1) is 14.9. The van der Waals surface area contributed by atoms with Crippen molar-refractivity contribution in [1.29, 1.82) is 5.41 Å². The number of rotatable bonds is 4. The number of unbranched alkanes of at least 4 members (excludes halogenated alkanes) is 1. The van der Waals surface area contributed by atoms with Crippen LogP contribution in [0.1, 0.15) is 47.5 Å². The summed E-state index contributed by atoms with van der Waals surface area (Å²) in [5.41, 5.74) is 0. The van der Waals surface area contributed by atoms with Gasteiger partial charge < -0.3 is 5.41 Å². The Morgan fingerprint density at radius 2 is 1.54 bits per heavy atom. The molecule has 0 bridgehead atoms. The van der Waals surface area contributed by atoms with E-state index < -0.39 is 0 Å². The number of hydrogen-bond donors (Lipinski definition) is 1. The third kappa shape index (κ3) is 14.3. The summed E-state index contributed by atoms with van der Waals surface area (Å²) in [6, 6.07) is 0. The van der Waals surface area contributed by atoms with E-state index in [0.29, 0.717) is 11.8 Å². The fourth-order valence-corrected chi connectivity index (χ4v) is 0.453. The Bertz CT molecular complexity index is 123. The maximum absolute atomic E-state index is 6.73. The Labute approximate surface area is 83.8 Å². The molecule has 0 aliphatic rings. The molecule has 0 aromatic heterocycles. The van der Waals surface area contributed by atoms with E-state index in [1.54, 1.807) is 6.08 Å². The van der Waals surface area contributed by atoms with Crippen LogP contribution in [0.4, 0.5) is 0 Å². The van der Waals surface area contributed by atoms with Crippen molar-refractivity contribution < 1.29 is 0 Å². The summed E-state index contributed by atoms with van der Waals surface area (Å²) < 4.78 is 0. The van der Waals surface area contributed by atoms with Crippen molar-refractivity contribution in [2.45, 2.75) is 47.5 Å². The second-order valence-electron chi connectivity index (χ2n) is 3.65. The molecule has 0 aromatic carbocycles. The third-order valence-corrected chi connectivity index (χ3v) is 2.06. The Morgan fingerprint density at radius 1 is 1.08 bits per heavy atom. The lowest BCUT2D eigenvalue weighted by molar-refractivity contribution is 0.504. The lowest BCUT2D eigenvalue weighted by atomic mass is 9.98. The Morgan fingerprint density at radius 3 is 1.77 bits per heavy atom. The van der Waals surface area contributed by atoms with E-state index in [1.165, 1.54) is 19.1 Å². The Balaban J connectivity index is 0. The molecule has 0 saturated heterocycles. The summed E-state index contributed by atoms with van der Waals surface area (Å²) in [4.78, 5) is 0. The molecule has 1 N–H and O–H groups in total. The fraction of sp³-hybridized carbons (Fsp3) is 0.750. The highest BCUT2D eigenvalue weighted by molar-refractivity contribution is 5.67. The molecule has 0 amide bonds. The summed E-state index contributed by atoms with van der Waals surface area (Å²) in [5.74, 6) is 1.27. The van der Waals surface area contributed by atoms with Crippen LogP contribution in [0.25, 0.3) is 0 Å². The van der Waals surface area contributed by atoms with Gasteiger partial charge in [-0.2, -0.15) is 0 Å². The van der Waals surface area contributed by atoms with Crippen LogP contribution in [0, 0.1) is 17.2 Å². The zero-order chi connectivity index (χ0) is 10.7. The first-order valence-electron chi connectivity index (χ1n) is 5.27. The molecule has 1 unspecified atom stereocenters. The molecule has 0 fully saturated rings. The zero-order valence-corrected chi connectivity index (χ0v) is 9.80. The second kappa shape index (κ2) is 11.4. The Kier molecular flexibility index (Phi) is 13.1. The molecule has 0 rings (SSSR count). The number of nitrogens with one attached hydrogen (secondary N) is 1. The van der Waals surface area contributed by atoms with Gasteiger partial charge in [0.15, 0.2) is 0 Å². The van der Waals surface area contributed by atoms with E-state index in [0.717, 1.165) is 0 Å². The highest BCUT2D eigenvalue weighted by Crippen LogP contribution is 2.09. The quantitative estimate of drug-likeness (QED) is 0.629. The van der Waals surface area contributed by atoms with Crippen molar-refractivity contribution in [1.82, 2.24) is 0 Å². The first-order chi connectivity index (χ1) is 6.09. The lowest BCUT2D eigenvalue weighted by Gasteiger charge is -2.08. The maximum Gasteiger partial charge on any atom is 0.0174 e. The van der Waals surface area contributed by atoms with Crippen LogP contribution in [0.15, 0.2) is 12.2 Å². The molecule has 0 aliphatic heterocycles. The van der Waals surface area contributed by atoms with E-state index in [9.17, 15) is 0 Å². The molecule has 1 nitrogen and oxygen atoms in total. The molecule has 1 heteroatoms. The van der Waals surface area contributed by atoms with Crippen LogP contribution in [0.2, 0.25) is 0 Å². The first-order valence-corrected chi connectivity index (χ1v) is 5.27. The van der Waals surface area contributed by atoms with Crippen LogP contribution < -0.4 is 0 Å². The third-order valence-electron chi connectivity index (χ3n) is 2.06. The van der Waals surface area contributed by atoms with Gasteiger partial charge in [-0.1, -0.05) is 53.5 Å². The van der Waals surface area contributed by atoms with Crippen molar-refractivity contribution in [3.8, 4) is 0 Å². The highest BCUT2D eigenvalue weighted by Gasteiger charge is 1.99. The largest absolute Gasteiger partial charge is 0.309 e. The fourth-order valence-electron chi connectivity index (χ4n) is 0.453. The van der Waals surface area contributed by atoms with Crippen molar-refractivity contribution in [3.63, 3.8) is 0 Å². The molecule has 0 heterocycles. The molecule has 0 saturated carbocycles. The van der Waals surface area contributed by atoms with Crippen molar-refractivity contribution in [2.24, 2.45) is 11.8 Å². The second-order valence-corrected chi connectivity index (χ2v) is 3.65. The van der Waals surface area contributed by atoms with E-state index in [4.69, 9.17) is 5.41 Å². The molecule has 1 atom stereocenters. The zero-order valence-electron chi connectivity index (χ0n) is 9.80. The van der Waals surface area contributed by atoms with Crippen LogP contribution in [0.5, 0.6) is 0 Å². The van der Waals surface area contributed by atoms with Crippen LogP contribution in [-0.4, -0.2) is 6.21 Å². The standard InChI is InChI=1S/C8H15N.C4H10/c1-7(2)8(3)5-4-6-9;1-3-4-2/h4-9H,1-3H3;3-4H2,1-2H3/b5-4-,9-6?;. The maximum atomic E-state index is 6.73. The van der Waals surface area contributed by atoms with Gasteiger partial charge in [0.2, 0.25) is 0 Å². The molecule has 13 heavy (non-hydrogen) atoms. The van der Waals surface area contributed by atoms with Crippen molar-refractivity contribution in [2.75, 3.05) is 0 Å². The van der Waals surface area contributed by atoms with Gasteiger partial charge in [-0.25, -0.2) is 0 Å². The molecule has 0 spiro atoms. The van der Waals surface area contributed by atoms with Gasteiger partial charge in [-0.05, 0) is 17.9 Å². The van der Waals surface area contributed by atoms with Gasteiger partial charge >= 0.3 is 0 Å². The van der Waals surface area contributed by atoms with Crippen molar-refractivity contribution >= 4 is 6.21 Å². The normalized spacial score (nSPS) is 12.5. The van der Waals surface area contributed by atoms with Gasteiger partial charge in [-0.3, -0.25) is 0 Å². The Hall–Kier alpha value is -0.590. The highest BCUT2D eigenvalue weighted by atomic mass is 14.3. The minimum atomic E-state index is 0.589. The minimum absolute atomic E-state index is 0.589. The molecule has 0 aliphatic carbocycles. The summed E-state index contributed by atoms with van der Waals surface area (Å²) in [5, 5.41) is 6.73. The SMILES string of the molecule is CC(C)C(C)/C=C\C=N.CCCC. The van der Waals surface area contributed by atoms with E-state index in [1.807, 2.05) is 0 Å². The molecular weight excluding hydrogens is 158 g/mol.